The van der Waals surface area contributed by atoms with Crippen molar-refractivity contribution in [1.29, 1.82) is 0 Å². The molecular formula is C39H48N4O8PS+. The van der Waals surface area contributed by atoms with Gasteiger partial charge in [0.25, 0.3) is 0 Å². The van der Waals surface area contributed by atoms with E-state index >= 15 is 0 Å². The fraction of sp³-hybridized carbons (Fsp3) is 0.385. The molecule has 1 heterocycles. The van der Waals surface area contributed by atoms with Gasteiger partial charge in [0.2, 0.25) is 23.6 Å². The van der Waals surface area contributed by atoms with Gasteiger partial charge in [-0.3, -0.25) is 33.7 Å². The molecule has 0 spiro atoms. The first kappa shape index (κ1) is 41.2. The highest BCUT2D eigenvalue weighted by Gasteiger charge is 2.46. The van der Waals surface area contributed by atoms with Crippen LogP contribution in [0.3, 0.4) is 0 Å². The molecule has 53 heavy (non-hydrogen) atoms. The van der Waals surface area contributed by atoms with Crippen molar-refractivity contribution in [3.63, 3.8) is 0 Å². The quantitative estimate of drug-likeness (QED) is 0.0879. The van der Waals surface area contributed by atoms with Crippen LogP contribution in [0.15, 0.2) is 91.0 Å². The molecule has 0 saturated carbocycles. The Bertz CT molecular complexity index is 1600. The number of benzene rings is 3. The number of carbonyl (C=O) groups excluding carboxylic acids is 6. The third-order valence-electron chi connectivity index (χ3n) is 8.77. The second-order valence-electron chi connectivity index (χ2n) is 12.3. The summed E-state index contributed by atoms with van der Waals surface area (Å²) in [6, 6.07) is 29.0. The molecule has 1 aliphatic rings. The van der Waals surface area contributed by atoms with Crippen LogP contribution in [-0.2, 0) is 38.2 Å². The summed E-state index contributed by atoms with van der Waals surface area (Å²) >= 11 is 1.09. The van der Waals surface area contributed by atoms with Crippen LogP contribution in [0.5, 0.6) is 0 Å². The number of ether oxygens (including phenoxy) is 2. The molecule has 3 aromatic carbocycles. The first-order valence-corrected chi connectivity index (χ1v) is 20.8. The fourth-order valence-corrected chi connectivity index (χ4v) is 11.7. The van der Waals surface area contributed by atoms with Crippen molar-refractivity contribution >= 4 is 70.5 Å². The summed E-state index contributed by atoms with van der Waals surface area (Å²) in [6.45, 7) is 3.39. The molecular weight excluding hydrogens is 715 g/mol. The summed E-state index contributed by atoms with van der Waals surface area (Å²) in [7, 11) is -2.16. The first-order chi connectivity index (χ1) is 25.6. The standard InChI is InChI=1S/C39H47N4O8PS/c1-3-50-36(46)26-41-37(47)32(42-34(44)22-21-31(40)39(49)51-4-2)27-53-33-25-35(45)43(38(33)48)23-14-24-52(28-15-8-5-9-16-28,29-17-10-6-11-18-29)30-19-12-7-13-20-30/h5-13,15-20,31-33H,3-4,14,21-27,40H2,1-2H3,(H-,41,42,44,47)/p+1. The normalized spacial score (nSPS) is 15.4. The SMILES string of the molecule is CCOC(=O)CNC(=O)C(CSC1CC(=O)N(CCC[P+](c2ccccc2)(c2ccccc2)c2ccccc2)C1=O)NC(=O)CCC(N)C(=O)OCC. The lowest BCUT2D eigenvalue weighted by molar-refractivity contribution is -0.145. The van der Waals surface area contributed by atoms with Crippen molar-refractivity contribution in [2.24, 2.45) is 5.73 Å². The van der Waals surface area contributed by atoms with Gasteiger partial charge in [-0.2, -0.15) is 0 Å². The van der Waals surface area contributed by atoms with Crippen molar-refractivity contribution in [1.82, 2.24) is 15.5 Å². The van der Waals surface area contributed by atoms with Crippen LogP contribution < -0.4 is 32.3 Å². The van der Waals surface area contributed by atoms with Crippen molar-refractivity contribution in [2.45, 2.75) is 56.9 Å². The number of nitrogens with zero attached hydrogens (tertiary/aromatic N) is 1. The van der Waals surface area contributed by atoms with Gasteiger partial charge in [-0.05, 0) is 56.7 Å². The Labute approximate surface area is 315 Å². The minimum Gasteiger partial charge on any atom is -0.465 e. The Balaban J connectivity index is 1.44. The average Bonchev–Trinajstić information content (AvgIpc) is 3.45. The molecule has 0 bridgehead atoms. The van der Waals surface area contributed by atoms with E-state index in [1.165, 1.54) is 20.8 Å². The number of thioether (sulfide) groups is 1. The van der Waals surface area contributed by atoms with Crippen LogP contribution in [-0.4, -0.2) is 96.0 Å². The van der Waals surface area contributed by atoms with E-state index in [2.05, 4.69) is 47.0 Å². The maximum atomic E-state index is 13.7. The highest BCUT2D eigenvalue weighted by Crippen LogP contribution is 2.55. The van der Waals surface area contributed by atoms with Crippen molar-refractivity contribution in [3.05, 3.63) is 91.0 Å². The number of hydrogen-bond acceptors (Lipinski definition) is 10. The third-order valence-corrected chi connectivity index (χ3v) is 14.6. The number of carbonyl (C=O) groups is 6. The van der Waals surface area contributed by atoms with Gasteiger partial charge in [0.05, 0.1) is 24.6 Å². The van der Waals surface area contributed by atoms with Crippen LogP contribution >= 0.6 is 19.0 Å². The van der Waals surface area contributed by atoms with Gasteiger partial charge in [-0.25, -0.2) is 0 Å². The maximum absolute atomic E-state index is 13.7. The summed E-state index contributed by atoms with van der Waals surface area (Å²) in [6.07, 6.45) is 1.08. The summed E-state index contributed by atoms with van der Waals surface area (Å²) in [4.78, 5) is 77.9. The molecule has 0 aliphatic carbocycles. The van der Waals surface area contributed by atoms with Gasteiger partial charge in [0.15, 0.2) is 0 Å². The summed E-state index contributed by atoms with van der Waals surface area (Å²) in [5.74, 6) is -3.20. The van der Waals surface area contributed by atoms with E-state index in [1.54, 1.807) is 13.8 Å². The summed E-state index contributed by atoms with van der Waals surface area (Å²) in [5.41, 5.74) is 5.82. The zero-order valence-electron chi connectivity index (χ0n) is 30.1. The van der Waals surface area contributed by atoms with Gasteiger partial charge in [-0.1, -0.05) is 54.6 Å². The van der Waals surface area contributed by atoms with Gasteiger partial charge in [-0.15, -0.1) is 11.8 Å². The number of esters is 2. The Morgan fingerprint density at radius 3 is 1.94 bits per heavy atom. The lowest BCUT2D eigenvalue weighted by Gasteiger charge is -2.28. The number of likely N-dealkylation sites (tertiary alicyclic amines) is 1. The average molecular weight is 764 g/mol. The molecule has 3 unspecified atom stereocenters. The third kappa shape index (κ3) is 11.2. The number of rotatable bonds is 20. The van der Waals surface area contributed by atoms with E-state index in [-0.39, 0.29) is 56.6 Å². The number of imide groups is 1. The molecule has 14 heteroatoms. The number of nitrogens with two attached hydrogens (primary N) is 1. The van der Waals surface area contributed by atoms with Gasteiger partial charge in [0.1, 0.15) is 41.8 Å². The molecule has 3 aromatic rings. The summed E-state index contributed by atoms with van der Waals surface area (Å²) in [5, 5.41) is 7.95. The lowest BCUT2D eigenvalue weighted by Crippen LogP contribution is -2.50. The second-order valence-corrected chi connectivity index (χ2v) is 17.2. The van der Waals surface area contributed by atoms with E-state index in [0.717, 1.165) is 17.9 Å². The summed E-state index contributed by atoms with van der Waals surface area (Å²) < 4.78 is 9.76. The Morgan fingerprint density at radius 2 is 1.42 bits per heavy atom. The predicted octanol–water partition coefficient (Wildman–Crippen LogP) is 2.07. The van der Waals surface area contributed by atoms with Gasteiger partial charge < -0.3 is 25.8 Å². The molecule has 4 amide bonds. The van der Waals surface area contributed by atoms with Crippen LogP contribution in [0.2, 0.25) is 0 Å². The number of hydrogen-bond donors (Lipinski definition) is 3. The number of amides is 4. The molecule has 12 nitrogen and oxygen atoms in total. The van der Waals surface area contributed by atoms with E-state index < -0.39 is 54.9 Å². The molecule has 282 valence electrons. The van der Waals surface area contributed by atoms with Crippen molar-refractivity contribution in [2.75, 3.05) is 38.2 Å². The van der Waals surface area contributed by atoms with Crippen LogP contribution in [0.4, 0.5) is 0 Å². The molecule has 4 N–H and O–H groups in total. The second kappa shape index (κ2) is 20.6. The minimum absolute atomic E-state index is 0.0120. The topological polar surface area (TPSA) is 174 Å². The molecule has 1 aliphatic heterocycles. The monoisotopic (exact) mass is 763 g/mol. The zero-order chi connectivity index (χ0) is 38.2. The zero-order valence-corrected chi connectivity index (χ0v) is 31.8. The molecule has 3 atom stereocenters. The van der Waals surface area contributed by atoms with E-state index in [0.29, 0.717) is 6.42 Å². The Morgan fingerprint density at radius 1 is 0.868 bits per heavy atom. The van der Waals surface area contributed by atoms with E-state index in [9.17, 15) is 28.8 Å². The molecule has 0 aromatic heterocycles. The molecule has 0 radical (unpaired) electrons. The number of nitrogens with one attached hydrogen (secondary N) is 2. The van der Waals surface area contributed by atoms with Gasteiger partial charge in [0, 0.05) is 31.6 Å². The van der Waals surface area contributed by atoms with E-state index in [1.807, 2.05) is 54.6 Å². The predicted molar refractivity (Wildman–Crippen MR) is 208 cm³/mol. The van der Waals surface area contributed by atoms with Crippen LogP contribution in [0.25, 0.3) is 0 Å². The molecule has 1 fully saturated rings. The molecule has 4 rings (SSSR count). The van der Waals surface area contributed by atoms with E-state index in [4.69, 9.17) is 15.2 Å². The highest BCUT2D eigenvalue weighted by molar-refractivity contribution is 8.00. The van der Waals surface area contributed by atoms with Crippen LogP contribution in [0.1, 0.15) is 39.5 Å². The molecule has 1 saturated heterocycles. The van der Waals surface area contributed by atoms with Gasteiger partial charge >= 0.3 is 11.9 Å². The largest absolute Gasteiger partial charge is 0.465 e. The Hall–Kier alpha value is -4.58. The highest BCUT2D eigenvalue weighted by atomic mass is 32.2. The fourth-order valence-electron chi connectivity index (χ4n) is 6.18. The smallest absolute Gasteiger partial charge is 0.325 e. The first-order valence-electron chi connectivity index (χ1n) is 17.8. The lowest BCUT2D eigenvalue weighted by atomic mass is 10.1. The van der Waals surface area contributed by atoms with Crippen LogP contribution in [0, 0.1) is 0 Å². The minimum atomic E-state index is -2.16. The maximum Gasteiger partial charge on any atom is 0.325 e. The van der Waals surface area contributed by atoms with Crippen molar-refractivity contribution < 1.29 is 38.2 Å². The van der Waals surface area contributed by atoms with Crippen molar-refractivity contribution in [3.8, 4) is 0 Å². The Kier molecular flexibility index (Phi) is 16.0.